The van der Waals surface area contributed by atoms with Gasteiger partial charge < -0.3 is 5.32 Å². The molecular weight excluding hydrogens is 264 g/mol. The zero-order chi connectivity index (χ0) is 15.6. The van der Waals surface area contributed by atoms with Crippen molar-refractivity contribution in [3.8, 4) is 0 Å². The molecule has 0 radical (unpaired) electrons. The average molecular weight is 288 g/mol. The Bertz CT molecular complexity index is 554. The quantitative estimate of drug-likeness (QED) is 0.846. The van der Waals surface area contributed by atoms with Crippen molar-refractivity contribution in [3.05, 3.63) is 34.9 Å². The fourth-order valence-electron chi connectivity index (χ4n) is 2.74. The summed E-state index contributed by atoms with van der Waals surface area (Å²) in [6.07, 6.45) is 0.338. The van der Waals surface area contributed by atoms with Crippen LogP contribution in [0.4, 0.5) is 0 Å². The van der Waals surface area contributed by atoms with E-state index in [0.29, 0.717) is 13.0 Å². The first kappa shape index (κ1) is 15.7. The zero-order valence-corrected chi connectivity index (χ0v) is 13.3. The van der Waals surface area contributed by atoms with Crippen LogP contribution < -0.4 is 5.32 Å². The van der Waals surface area contributed by atoms with E-state index in [2.05, 4.69) is 37.4 Å². The van der Waals surface area contributed by atoms with Gasteiger partial charge in [-0.2, -0.15) is 0 Å². The highest BCUT2D eigenvalue weighted by atomic mass is 16.2. The SMILES string of the molecule is CCNC(CN1C(=O)CC(C)C1=O)c1ccc(C)c(C)c1. The van der Waals surface area contributed by atoms with Crippen LogP contribution in [0.1, 0.15) is 43.0 Å². The number of hydrogen-bond acceptors (Lipinski definition) is 3. The van der Waals surface area contributed by atoms with E-state index in [1.54, 1.807) is 0 Å². The Morgan fingerprint density at radius 1 is 1.29 bits per heavy atom. The van der Waals surface area contributed by atoms with Gasteiger partial charge in [0.05, 0.1) is 6.04 Å². The van der Waals surface area contributed by atoms with Gasteiger partial charge in [-0.15, -0.1) is 0 Å². The van der Waals surface area contributed by atoms with Crippen molar-refractivity contribution < 1.29 is 9.59 Å². The molecule has 2 atom stereocenters. The molecule has 4 nitrogen and oxygen atoms in total. The van der Waals surface area contributed by atoms with Gasteiger partial charge >= 0.3 is 0 Å². The van der Waals surface area contributed by atoms with Crippen LogP contribution in [0.25, 0.3) is 0 Å². The fraction of sp³-hybridized carbons (Fsp3) is 0.529. The van der Waals surface area contributed by atoms with Crippen LogP contribution in [0.2, 0.25) is 0 Å². The predicted octanol–water partition coefficient (Wildman–Crippen LogP) is 2.35. The van der Waals surface area contributed by atoms with Gasteiger partial charge in [0.25, 0.3) is 0 Å². The number of rotatable bonds is 5. The number of benzene rings is 1. The summed E-state index contributed by atoms with van der Waals surface area (Å²) in [5.41, 5.74) is 3.60. The molecule has 2 rings (SSSR count). The summed E-state index contributed by atoms with van der Waals surface area (Å²) in [5, 5.41) is 3.38. The van der Waals surface area contributed by atoms with Crippen molar-refractivity contribution in [2.75, 3.05) is 13.1 Å². The molecule has 0 aromatic heterocycles. The summed E-state index contributed by atoms with van der Waals surface area (Å²) in [6, 6.07) is 6.29. The highest BCUT2D eigenvalue weighted by Gasteiger charge is 2.36. The number of nitrogens with zero attached hydrogens (tertiary/aromatic N) is 1. The Labute approximate surface area is 126 Å². The summed E-state index contributed by atoms with van der Waals surface area (Å²) < 4.78 is 0. The Kier molecular flexibility index (Phi) is 4.78. The number of imide groups is 1. The Morgan fingerprint density at radius 3 is 2.52 bits per heavy atom. The second-order valence-electron chi connectivity index (χ2n) is 5.90. The molecule has 1 saturated heterocycles. The average Bonchev–Trinajstić information content (AvgIpc) is 2.68. The topological polar surface area (TPSA) is 49.4 Å². The number of carbonyl (C=O) groups is 2. The van der Waals surface area contributed by atoms with Crippen molar-refractivity contribution >= 4 is 11.8 Å². The van der Waals surface area contributed by atoms with E-state index in [-0.39, 0.29) is 23.8 Å². The minimum atomic E-state index is -0.181. The van der Waals surface area contributed by atoms with E-state index in [1.165, 1.54) is 16.0 Å². The lowest BCUT2D eigenvalue weighted by Gasteiger charge is -2.24. The Morgan fingerprint density at radius 2 is 2.00 bits per heavy atom. The number of hydrogen-bond donors (Lipinski definition) is 1. The maximum atomic E-state index is 12.1. The molecule has 1 aliphatic heterocycles. The van der Waals surface area contributed by atoms with E-state index in [1.807, 2.05) is 13.8 Å². The van der Waals surface area contributed by atoms with Gasteiger partial charge in [0.15, 0.2) is 0 Å². The number of amides is 2. The van der Waals surface area contributed by atoms with Gasteiger partial charge in [-0.25, -0.2) is 0 Å². The van der Waals surface area contributed by atoms with Crippen LogP contribution >= 0.6 is 0 Å². The number of aryl methyl sites for hydroxylation is 2. The van der Waals surface area contributed by atoms with E-state index >= 15 is 0 Å². The van der Waals surface area contributed by atoms with Gasteiger partial charge in [-0.3, -0.25) is 14.5 Å². The second-order valence-corrected chi connectivity index (χ2v) is 5.90. The van der Waals surface area contributed by atoms with Crippen LogP contribution in [-0.2, 0) is 9.59 Å². The lowest BCUT2D eigenvalue weighted by Crippen LogP contribution is -2.39. The molecule has 0 saturated carbocycles. The third-order valence-corrected chi connectivity index (χ3v) is 4.22. The first-order valence-corrected chi connectivity index (χ1v) is 7.58. The largest absolute Gasteiger partial charge is 0.309 e. The molecule has 1 aliphatic rings. The molecule has 1 aromatic rings. The maximum Gasteiger partial charge on any atom is 0.232 e. The number of likely N-dealkylation sites (N-methyl/N-ethyl adjacent to an activating group) is 1. The molecule has 1 heterocycles. The third-order valence-electron chi connectivity index (χ3n) is 4.22. The molecule has 1 aromatic carbocycles. The smallest absolute Gasteiger partial charge is 0.232 e. The van der Waals surface area contributed by atoms with E-state index < -0.39 is 0 Å². The molecule has 21 heavy (non-hydrogen) atoms. The Hall–Kier alpha value is -1.68. The molecule has 114 valence electrons. The van der Waals surface area contributed by atoms with Crippen LogP contribution in [0.3, 0.4) is 0 Å². The van der Waals surface area contributed by atoms with Crippen molar-refractivity contribution in [2.24, 2.45) is 5.92 Å². The highest BCUT2D eigenvalue weighted by molar-refractivity contribution is 6.03. The van der Waals surface area contributed by atoms with Crippen molar-refractivity contribution in [1.82, 2.24) is 10.2 Å². The minimum absolute atomic E-state index is 0.00694. The normalized spacial score (nSPS) is 20.2. The van der Waals surface area contributed by atoms with Gasteiger partial charge in [0.2, 0.25) is 11.8 Å². The molecule has 0 spiro atoms. The zero-order valence-electron chi connectivity index (χ0n) is 13.3. The molecule has 1 N–H and O–H groups in total. The summed E-state index contributed by atoms with van der Waals surface area (Å²) in [4.78, 5) is 25.5. The van der Waals surface area contributed by atoms with Crippen LogP contribution in [0.15, 0.2) is 18.2 Å². The van der Waals surface area contributed by atoms with Gasteiger partial charge in [-0.05, 0) is 37.1 Å². The maximum absolute atomic E-state index is 12.1. The molecule has 1 fully saturated rings. The van der Waals surface area contributed by atoms with Crippen LogP contribution in [0, 0.1) is 19.8 Å². The molecule has 0 bridgehead atoms. The van der Waals surface area contributed by atoms with E-state index in [0.717, 1.165) is 12.1 Å². The highest BCUT2D eigenvalue weighted by Crippen LogP contribution is 2.24. The predicted molar refractivity (Wildman–Crippen MR) is 82.8 cm³/mol. The van der Waals surface area contributed by atoms with Gasteiger partial charge in [0.1, 0.15) is 0 Å². The first-order valence-electron chi connectivity index (χ1n) is 7.58. The second kappa shape index (κ2) is 6.39. The molecule has 4 heteroatoms. The number of nitrogens with one attached hydrogen (secondary N) is 1. The minimum Gasteiger partial charge on any atom is -0.309 e. The fourth-order valence-corrected chi connectivity index (χ4v) is 2.74. The summed E-state index contributed by atoms with van der Waals surface area (Å²) in [5.74, 6) is -0.287. The molecule has 2 unspecified atom stereocenters. The molecule has 2 amide bonds. The summed E-state index contributed by atoms with van der Waals surface area (Å²) in [6.45, 7) is 9.22. The van der Waals surface area contributed by atoms with Crippen molar-refractivity contribution in [3.63, 3.8) is 0 Å². The third kappa shape index (κ3) is 3.32. The Balaban J connectivity index is 2.21. The van der Waals surface area contributed by atoms with Crippen LogP contribution in [0.5, 0.6) is 0 Å². The standard InChI is InChI=1S/C17H24N2O2/c1-5-18-15(14-7-6-11(2)12(3)8-14)10-19-16(20)9-13(4)17(19)21/h6-8,13,15,18H,5,9-10H2,1-4H3. The lowest BCUT2D eigenvalue weighted by atomic mass is 10.0. The van der Waals surface area contributed by atoms with E-state index in [4.69, 9.17) is 0 Å². The summed E-state index contributed by atoms with van der Waals surface area (Å²) in [7, 11) is 0. The number of likely N-dealkylation sites (tertiary alicyclic amines) is 1. The van der Waals surface area contributed by atoms with Crippen molar-refractivity contribution in [1.29, 1.82) is 0 Å². The number of carbonyl (C=O) groups excluding carboxylic acids is 2. The summed E-state index contributed by atoms with van der Waals surface area (Å²) >= 11 is 0. The first-order chi connectivity index (χ1) is 9.93. The van der Waals surface area contributed by atoms with Crippen molar-refractivity contribution in [2.45, 2.75) is 40.2 Å². The van der Waals surface area contributed by atoms with Crippen LogP contribution in [-0.4, -0.2) is 29.8 Å². The molecule has 0 aliphatic carbocycles. The molecular formula is C17H24N2O2. The lowest BCUT2D eigenvalue weighted by molar-refractivity contribution is -0.139. The van der Waals surface area contributed by atoms with E-state index in [9.17, 15) is 9.59 Å². The monoisotopic (exact) mass is 288 g/mol. The van der Waals surface area contributed by atoms with Gasteiger partial charge in [-0.1, -0.05) is 32.0 Å². The van der Waals surface area contributed by atoms with Gasteiger partial charge in [0, 0.05) is 18.9 Å².